The normalized spacial score (nSPS) is 11.8. The molecule has 0 aliphatic carbocycles. The summed E-state index contributed by atoms with van der Waals surface area (Å²) in [6.45, 7) is 2.08. The van der Waals surface area contributed by atoms with E-state index in [-0.39, 0.29) is 6.04 Å². The van der Waals surface area contributed by atoms with Gasteiger partial charge in [-0.2, -0.15) is 5.26 Å². The van der Waals surface area contributed by atoms with Gasteiger partial charge in [-0.1, -0.05) is 0 Å². The van der Waals surface area contributed by atoms with Crippen LogP contribution in [0.2, 0.25) is 0 Å². The Morgan fingerprint density at radius 2 is 2.39 bits per heavy atom. The minimum Gasteiger partial charge on any atom is -0.469 e. The highest BCUT2D eigenvalue weighted by molar-refractivity contribution is 5.55. The van der Waals surface area contributed by atoms with E-state index in [2.05, 4.69) is 23.3 Å². The van der Waals surface area contributed by atoms with Gasteiger partial charge in [0.05, 0.1) is 23.7 Å². The number of nitrogens with one attached hydrogen (secondary N) is 1. The molecule has 1 atom stereocenters. The number of hydrogen-bond acceptors (Lipinski definition) is 4. The summed E-state index contributed by atoms with van der Waals surface area (Å²) in [7, 11) is 0. The highest BCUT2D eigenvalue weighted by Crippen LogP contribution is 2.15. The summed E-state index contributed by atoms with van der Waals surface area (Å²) in [5.74, 6) is 0.982. The van der Waals surface area contributed by atoms with Crippen LogP contribution in [0.3, 0.4) is 0 Å². The van der Waals surface area contributed by atoms with Crippen molar-refractivity contribution in [3.05, 3.63) is 48.2 Å². The molecule has 0 bridgehead atoms. The summed E-state index contributed by atoms with van der Waals surface area (Å²) < 4.78 is 5.29. The molecule has 0 spiro atoms. The number of pyridine rings is 1. The lowest BCUT2D eigenvalue weighted by atomic mass is 10.1. The first kappa shape index (κ1) is 12.2. The zero-order valence-electron chi connectivity index (χ0n) is 10.3. The molecular weight excluding hydrogens is 226 g/mol. The first-order valence-electron chi connectivity index (χ1n) is 5.92. The molecule has 0 saturated carbocycles. The predicted molar refractivity (Wildman–Crippen MR) is 69.1 cm³/mol. The van der Waals surface area contributed by atoms with Crippen LogP contribution >= 0.6 is 0 Å². The zero-order valence-corrected chi connectivity index (χ0v) is 10.3. The fourth-order valence-electron chi connectivity index (χ4n) is 1.76. The van der Waals surface area contributed by atoms with Crippen LogP contribution in [-0.2, 0) is 6.42 Å². The van der Waals surface area contributed by atoms with E-state index in [0.29, 0.717) is 5.56 Å². The Kier molecular flexibility index (Phi) is 3.98. The number of furan rings is 1. The van der Waals surface area contributed by atoms with E-state index >= 15 is 0 Å². The van der Waals surface area contributed by atoms with Crippen molar-refractivity contribution in [2.45, 2.75) is 25.8 Å². The highest BCUT2D eigenvalue weighted by atomic mass is 16.3. The Hall–Kier alpha value is -2.28. The number of anilines is 1. The molecule has 2 aromatic heterocycles. The quantitative estimate of drug-likeness (QED) is 0.874. The van der Waals surface area contributed by atoms with Gasteiger partial charge in [0.25, 0.3) is 0 Å². The van der Waals surface area contributed by atoms with E-state index in [4.69, 9.17) is 9.68 Å². The molecule has 0 aromatic carbocycles. The van der Waals surface area contributed by atoms with Gasteiger partial charge >= 0.3 is 0 Å². The van der Waals surface area contributed by atoms with Crippen LogP contribution in [0.25, 0.3) is 0 Å². The smallest absolute Gasteiger partial charge is 0.103 e. The van der Waals surface area contributed by atoms with Crippen molar-refractivity contribution >= 4 is 5.69 Å². The summed E-state index contributed by atoms with van der Waals surface area (Å²) in [5, 5.41) is 12.3. The van der Waals surface area contributed by atoms with Crippen molar-refractivity contribution in [2.24, 2.45) is 0 Å². The van der Waals surface area contributed by atoms with E-state index in [1.807, 2.05) is 12.1 Å². The maximum atomic E-state index is 8.98. The molecule has 4 heteroatoms. The van der Waals surface area contributed by atoms with Crippen LogP contribution in [-0.4, -0.2) is 11.0 Å². The van der Waals surface area contributed by atoms with Gasteiger partial charge in [-0.05, 0) is 31.5 Å². The maximum Gasteiger partial charge on any atom is 0.103 e. The second kappa shape index (κ2) is 5.87. The van der Waals surface area contributed by atoms with Gasteiger partial charge in [-0.3, -0.25) is 4.98 Å². The van der Waals surface area contributed by atoms with Gasteiger partial charge in [0, 0.05) is 18.7 Å². The number of hydrogen-bond donors (Lipinski definition) is 1. The predicted octanol–water partition coefficient (Wildman–Crippen LogP) is 2.98. The van der Waals surface area contributed by atoms with Crippen LogP contribution in [0.4, 0.5) is 5.69 Å². The van der Waals surface area contributed by atoms with E-state index < -0.39 is 0 Å². The molecule has 0 radical (unpaired) electrons. The van der Waals surface area contributed by atoms with E-state index in [1.54, 1.807) is 24.7 Å². The first-order valence-corrected chi connectivity index (χ1v) is 5.92. The van der Waals surface area contributed by atoms with Crippen LogP contribution in [0, 0.1) is 11.3 Å². The molecule has 4 nitrogen and oxygen atoms in total. The van der Waals surface area contributed by atoms with E-state index in [0.717, 1.165) is 24.3 Å². The van der Waals surface area contributed by atoms with Gasteiger partial charge in [0.2, 0.25) is 0 Å². The molecule has 0 aliphatic heterocycles. The summed E-state index contributed by atoms with van der Waals surface area (Å²) in [6.07, 6.45) is 6.80. The van der Waals surface area contributed by atoms with Crippen LogP contribution < -0.4 is 5.32 Å². The maximum absolute atomic E-state index is 8.98. The molecule has 2 heterocycles. The van der Waals surface area contributed by atoms with Crippen molar-refractivity contribution in [1.82, 2.24) is 4.98 Å². The standard InChI is InChI=1S/C14H15N3O/c1-11(4-5-13-3-2-8-18-13)17-14-10-16-7-6-12(14)9-15/h2-3,6-8,10-11,17H,4-5H2,1H3. The number of aryl methyl sites for hydroxylation is 1. The Morgan fingerprint density at radius 1 is 1.50 bits per heavy atom. The van der Waals surface area contributed by atoms with Gasteiger partial charge in [0.1, 0.15) is 11.8 Å². The van der Waals surface area contributed by atoms with Gasteiger partial charge in [-0.15, -0.1) is 0 Å². The summed E-state index contributed by atoms with van der Waals surface area (Å²) >= 11 is 0. The number of nitriles is 1. The molecule has 18 heavy (non-hydrogen) atoms. The van der Waals surface area contributed by atoms with Gasteiger partial charge in [-0.25, -0.2) is 0 Å². The SMILES string of the molecule is CC(CCc1ccco1)Nc1cnccc1C#N. The van der Waals surface area contributed by atoms with Crippen molar-refractivity contribution < 1.29 is 4.42 Å². The Labute approximate surface area is 106 Å². The van der Waals surface area contributed by atoms with Crippen LogP contribution in [0.1, 0.15) is 24.7 Å². The third kappa shape index (κ3) is 3.11. The average molecular weight is 241 g/mol. The van der Waals surface area contributed by atoms with E-state index in [9.17, 15) is 0 Å². The molecule has 1 N–H and O–H groups in total. The van der Waals surface area contributed by atoms with E-state index in [1.165, 1.54) is 0 Å². The second-order valence-corrected chi connectivity index (χ2v) is 4.20. The first-order chi connectivity index (χ1) is 8.79. The van der Waals surface area contributed by atoms with Crippen LogP contribution in [0.15, 0.2) is 41.3 Å². The largest absolute Gasteiger partial charge is 0.469 e. The zero-order chi connectivity index (χ0) is 12.8. The minimum atomic E-state index is 0.256. The number of rotatable bonds is 5. The molecule has 0 saturated heterocycles. The van der Waals surface area contributed by atoms with Crippen molar-refractivity contribution in [3.63, 3.8) is 0 Å². The molecular formula is C14H15N3O. The molecule has 0 amide bonds. The lowest BCUT2D eigenvalue weighted by molar-refractivity contribution is 0.495. The monoisotopic (exact) mass is 241 g/mol. The third-order valence-corrected chi connectivity index (χ3v) is 2.75. The molecule has 0 fully saturated rings. The third-order valence-electron chi connectivity index (χ3n) is 2.75. The fourth-order valence-corrected chi connectivity index (χ4v) is 1.76. The van der Waals surface area contributed by atoms with Gasteiger partial charge in [0.15, 0.2) is 0 Å². The van der Waals surface area contributed by atoms with Crippen molar-refractivity contribution in [1.29, 1.82) is 5.26 Å². The number of nitrogens with zero attached hydrogens (tertiary/aromatic N) is 2. The van der Waals surface area contributed by atoms with Gasteiger partial charge < -0.3 is 9.73 Å². The molecule has 0 aliphatic rings. The van der Waals surface area contributed by atoms with Crippen molar-refractivity contribution in [3.8, 4) is 6.07 Å². The lowest BCUT2D eigenvalue weighted by Gasteiger charge is -2.15. The minimum absolute atomic E-state index is 0.256. The van der Waals surface area contributed by atoms with Crippen LogP contribution in [0.5, 0.6) is 0 Å². The number of aromatic nitrogens is 1. The Morgan fingerprint density at radius 3 is 3.11 bits per heavy atom. The van der Waals surface area contributed by atoms with Crippen molar-refractivity contribution in [2.75, 3.05) is 5.32 Å². The fraction of sp³-hybridized carbons (Fsp3) is 0.286. The molecule has 2 rings (SSSR count). The average Bonchev–Trinajstić information content (AvgIpc) is 2.90. The summed E-state index contributed by atoms with van der Waals surface area (Å²) in [4.78, 5) is 4.02. The molecule has 92 valence electrons. The summed E-state index contributed by atoms with van der Waals surface area (Å²) in [5.41, 5.74) is 1.40. The topological polar surface area (TPSA) is 61.9 Å². The summed E-state index contributed by atoms with van der Waals surface area (Å²) in [6, 6.07) is 7.98. The lowest BCUT2D eigenvalue weighted by Crippen LogP contribution is -2.16. The molecule has 2 aromatic rings. The molecule has 1 unspecified atom stereocenters. The second-order valence-electron chi connectivity index (χ2n) is 4.20. The Balaban J connectivity index is 1.91. The Bertz CT molecular complexity index is 528. The highest BCUT2D eigenvalue weighted by Gasteiger charge is 2.07.